The van der Waals surface area contributed by atoms with Crippen LogP contribution in [0.3, 0.4) is 0 Å². The van der Waals surface area contributed by atoms with E-state index >= 15 is 0 Å². The van der Waals surface area contributed by atoms with E-state index < -0.39 is 5.91 Å². The molecule has 1 amide bonds. The summed E-state index contributed by atoms with van der Waals surface area (Å²) < 4.78 is 0. The van der Waals surface area contributed by atoms with E-state index in [4.69, 9.17) is 5.73 Å². The Morgan fingerprint density at radius 3 is 2.94 bits per heavy atom. The van der Waals surface area contributed by atoms with Crippen LogP contribution in [0.25, 0.3) is 0 Å². The standard InChI is InChI=1S/C11H13N3OS/c12-10(15)6-13-11-14-9(7-16-11)8-4-2-1-3-5-8/h1-5,9H,6-7H2,(H2,12,15)(H,13,14). The summed E-state index contributed by atoms with van der Waals surface area (Å²) in [5, 5.41) is 4.07. The van der Waals surface area contributed by atoms with Crippen molar-refractivity contribution in [2.45, 2.75) is 6.04 Å². The largest absolute Gasteiger partial charge is 0.368 e. The van der Waals surface area contributed by atoms with Gasteiger partial charge in [-0.1, -0.05) is 42.1 Å². The maximum atomic E-state index is 10.6. The van der Waals surface area contributed by atoms with E-state index in [-0.39, 0.29) is 12.6 Å². The third-order valence-electron chi connectivity index (χ3n) is 2.26. The number of amidine groups is 1. The molecule has 1 saturated heterocycles. The summed E-state index contributed by atoms with van der Waals surface area (Å²) in [5.74, 6) is 0.528. The lowest BCUT2D eigenvalue weighted by atomic mass is 10.1. The number of aliphatic imine (C=N–C) groups is 1. The molecule has 3 N–H and O–H groups in total. The molecule has 1 aliphatic rings. The van der Waals surface area contributed by atoms with Gasteiger partial charge in [0.25, 0.3) is 0 Å². The summed E-state index contributed by atoms with van der Waals surface area (Å²) in [5.41, 5.74) is 6.27. The Bertz CT molecular complexity index is 405. The monoisotopic (exact) mass is 235 g/mol. The van der Waals surface area contributed by atoms with Crippen LogP contribution in [0, 0.1) is 0 Å². The van der Waals surface area contributed by atoms with E-state index in [0.29, 0.717) is 0 Å². The molecule has 0 spiro atoms. The molecule has 0 aromatic heterocycles. The summed E-state index contributed by atoms with van der Waals surface area (Å²) in [4.78, 5) is 14.7. The lowest BCUT2D eigenvalue weighted by Crippen LogP contribution is -2.21. The van der Waals surface area contributed by atoms with Crippen LogP contribution in [-0.2, 0) is 4.79 Å². The first kappa shape index (κ1) is 11.0. The van der Waals surface area contributed by atoms with Gasteiger partial charge in [-0.15, -0.1) is 0 Å². The molecule has 84 valence electrons. The van der Waals surface area contributed by atoms with Crippen LogP contribution >= 0.6 is 11.8 Å². The Balaban J connectivity index is 1.98. The van der Waals surface area contributed by atoms with Gasteiger partial charge < -0.3 is 11.1 Å². The van der Waals surface area contributed by atoms with Crippen LogP contribution in [0.2, 0.25) is 0 Å². The normalized spacial score (nSPS) is 22.0. The van der Waals surface area contributed by atoms with Gasteiger partial charge in [0.1, 0.15) is 6.54 Å². The minimum Gasteiger partial charge on any atom is -0.368 e. The Kier molecular flexibility index (Phi) is 3.46. The second-order valence-electron chi connectivity index (χ2n) is 3.51. The maximum absolute atomic E-state index is 10.6. The Morgan fingerprint density at radius 2 is 2.25 bits per heavy atom. The highest BCUT2D eigenvalue weighted by atomic mass is 32.2. The summed E-state index contributed by atoms with van der Waals surface area (Å²) in [6.45, 7) is 0.0524. The number of benzene rings is 1. The smallest absolute Gasteiger partial charge is 0.239 e. The highest BCUT2D eigenvalue weighted by molar-refractivity contribution is 8.14. The van der Waals surface area contributed by atoms with Crippen molar-refractivity contribution in [3.8, 4) is 0 Å². The molecule has 1 aromatic carbocycles. The Labute approximate surface area is 98.3 Å². The predicted octanol–water partition coefficient (Wildman–Crippen LogP) is 0.905. The average Bonchev–Trinajstić information content (AvgIpc) is 2.76. The number of hydrogen-bond donors (Lipinski definition) is 2. The van der Waals surface area contributed by atoms with E-state index in [1.807, 2.05) is 18.2 Å². The predicted molar refractivity (Wildman–Crippen MR) is 66.3 cm³/mol. The molecular formula is C11H13N3OS. The van der Waals surface area contributed by atoms with Crippen LogP contribution in [0.1, 0.15) is 11.6 Å². The van der Waals surface area contributed by atoms with Crippen molar-refractivity contribution in [1.29, 1.82) is 0 Å². The third kappa shape index (κ3) is 2.76. The molecule has 16 heavy (non-hydrogen) atoms. The number of carbonyl (C=O) groups excluding carboxylic acids is 1. The van der Waals surface area contributed by atoms with Crippen LogP contribution < -0.4 is 11.1 Å². The van der Waals surface area contributed by atoms with E-state index in [1.165, 1.54) is 5.56 Å². The van der Waals surface area contributed by atoms with Crippen molar-refractivity contribution in [2.24, 2.45) is 10.7 Å². The zero-order valence-corrected chi connectivity index (χ0v) is 9.54. The van der Waals surface area contributed by atoms with Crippen molar-refractivity contribution < 1.29 is 4.79 Å². The first-order chi connectivity index (χ1) is 7.75. The molecule has 0 aliphatic carbocycles. The van der Waals surface area contributed by atoms with Gasteiger partial charge in [0, 0.05) is 5.75 Å². The topological polar surface area (TPSA) is 67.5 Å². The molecule has 5 heteroatoms. The number of carbonyl (C=O) groups is 1. The highest BCUT2D eigenvalue weighted by Gasteiger charge is 2.21. The molecule has 1 heterocycles. The molecule has 1 aliphatic heterocycles. The number of nitrogens with zero attached hydrogens (tertiary/aromatic N) is 1. The second kappa shape index (κ2) is 5.03. The van der Waals surface area contributed by atoms with Crippen LogP contribution in [0.15, 0.2) is 35.3 Å². The lowest BCUT2D eigenvalue weighted by Gasteiger charge is -2.09. The van der Waals surface area contributed by atoms with Crippen LogP contribution in [0.4, 0.5) is 0 Å². The van der Waals surface area contributed by atoms with Crippen molar-refractivity contribution >= 4 is 22.8 Å². The second-order valence-corrected chi connectivity index (χ2v) is 4.52. The van der Waals surface area contributed by atoms with E-state index in [9.17, 15) is 4.79 Å². The van der Waals surface area contributed by atoms with Crippen LogP contribution in [-0.4, -0.2) is 23.4 Å². The molecule has 2 rings (SSSR count). The minimum absolute atomic E-state index is 0.0524. The summed E-state index contributed by atoms with van der Waals surface area (Å²) >= 11 is 1.62. The van der Waals surface area contributed by atoms with E-state index in [0.717, 1.165) is 10.9 Å². The first-order valence-electron chi connectivity index (χ1n) is 5.03. The van der Waals surface area contributed by atoms with Gasteiger partial charge in [-0.2, -0.15) is 0 Å². The zero-order chi connectivity index (χ0) is 11.4. The fourth-order valence-corrected chi connectivity index (χ4v) is 2.48. The van der Waals surface area contributed by atoms with Crippen molar-refractivity contribution in [3.63, 3.8) is 0 Å². The first-order valence-corrected chi connectivity index (χ1v) is 6.01. The molecule has 0 radical (unpaired) electrons. The minimum atomic E-state index is -0.405. The van der Waals surface area contributed by atoms with Gasteiger partial charge in [0.15, 0.2) is 5.17 Å². The maximum Gasteiger partial charge on any atom is 0.239 e. The van der Waals surface area contributed by atoms with Gasteiger partial charge in [-0.25, -0.2) is 0 Å². The quantitative estimate of drug-likeness (QED) is 0.818. The lowest BCUT2D eigenvalue weighted by molar-refractivity contribution is -0.116. The van der Waals surface area contributed by atoms with Gasteiger partial charge >= 0.3 is 0 Å². The molecular weight excluding hydrogens is 222 g/mol. The number of nitrogens with two attached hydrogens (primary N) is 1. The van der Waals surface area contributed by atoms with Gasteiger partial charge in [0.05, 0.1) is 6.04 Å². The van der Waals surface area contributed by atoms with E-state index in [1.54, 1.807) is 11.8 Å². The number of thioether (sulfide) groups is 1. The molecule has 4 nitrogen and oxygen atoms in total. The molecule has 0 bridgehead atoms. The Hall–Kier alpha value is -1.49. The molecule has 0 saturated carbocycles. The van der Waals surface area contributed by atoms with Crippen molar-refractivity contribution in [1.82, 2.24) is 5.32 Å². The third-order valence-corrected chi connectivity index (χ3v) is 3.29. The van der Waals surface area contributed by atoms with Crippen LogP contribution in [0.5, 0.6) is 0 Å². The fraction of sp³-hybridized carbons (Fsp3) is 0.273. The van der Waals surface area contributed by atoms with Crippen molar-refractivity contribution in [2.75, 3.05) is 12.3 Å². The van der Waals surface area contributed by atoms with Gasteiger partial charge in [0.2, 0.25) is 5.91 Å². The SMILES string of the molecule is NC(=O)CN=C1NC(c2ccccc2)CS1. The summed E-state index contributed by atoms with van der Waals surface area (Å²) in [7, 11) is 0. The molecule has 1 aromatic rings. The fourth-order valence-electron chi connectivity index (χ4n) is 1.50. The van der Waals surface area contributed by atoms with Gasteiger partial charge in [-0.05, 0) is 5.56 Å². The number of nitrogens with one attached hydrogen (secondary N) is 1. The molecule has 1 atom stereocenters. The van der Waals surface area contributed by atoms with Crippen molar-refractivity contribution in [3.05, 3.63) is 35.9 Å². The number of rotatable bonds is 3. The molecule has 1 unspecified atom stereocenters. The number of primary amides is 1. The Morgan fingerprint density at radius 1 is 1.50 bits per heavy atom. The molecule has 1 fully saturated rings. The number of amides is 1. The average molecular weight is 235 g/mol. The van der Waals surface area contributed by atoms with E-state index in [2.05, 4.69) is 22.4 Å². The summed E-state index contributed by atoms with van der Waals surface area (Å²) in [6, 6.07) is 10.5. The highest BCUT2D eigenvalue weighted by Crippen LogP contribution is 2.25. The zero-order valence-electron chi connectivity index (χ0n) is 8.72. The number of hydrogen-bond acceptors (Lipinski definition) is 3. The van der Waals surface area contributed by atoms with Gasteiger partial charge in [-0.3, -0.25) is 9.79 Å². The summed E-state index contributed by atoms with van der Waals surface area (Å²) in [6.07, 6.45) is 0.